The summed E-state index contributed by atoms with van der Waals surface area (Å²) >= 11 is 1.86. The van der Waals surface area contributed by atoms with E-state index in [1.54, 1.807) is 0 Å². The molecule has 0 saturated heterocycles. The van der Waals surface area contributed by atoms with E-state index in [1.807, 2.05) is 30.0 Å². The molecule has 0 radical (unpaired) electrons. The van der Waals surface area contributed by atoms with Crippen molar-refractivity contribution in [3.05, 3.63) is 35.9 Å². The summed E-state index contributed by atoms with van der Waals surface area (Å²) in [7, 11) is 0. The van der Waals surface area contributed by atoms with Crippen LogP contribution in [0.15, 0.2) is 30.3 Å². The van der Waals surface area contributed by atoms with E-state index in [0.29, 0.717) is 6.54 Å². The first kappa shape index (κ1) is 13.1. The molecule has 0 atom stereocenters. The summed E-state index contributed by atoms with van der Waals surface area (Å²) in [6.07, 6.45) is 0.198. The van der Waals surface area contributed by atoms with Gasteiger partial charge in [-0.15, -0.1) is 0 Å². The number of rotatable bonds is 8. The average Bonchev–Trinajstić information content (AvgIpc) is 2.29. The summed E-state index contributed by atoms with van der Waals surface area (Å²) in [5.74, 6) is 1.28. The zero-order chi connectivity index (χ0) is 11.6. The highest BCUT2D eigenvalue weighted by Crippen LogP contribution is 2.10. The number of carbonyl (C=O) groups is 1. The topological polar surface area (TPSA) is 49.3 Å². The first-order valence-corrected chi connectivity index (χ1v) is 6.48. The Hall–Kier alpha value is -1.00. The highest BCUT2D eigenvalue weighted by Gasteiger charge is 1.95. The number of hydrogen-bond acceptors (Lipinski definition) is 3. The van der Waals surface area contributed by atoms with E-state index in [4.69, 9.17) is 5.11 Å². The molecule has 0 heterocycles. The van der Waals surface area contributed by atoms with Crippen LogP contribution in [0.3, 0.4) is 0 Å². The van der Waals surface area contributed by atoms with Gasteiger partial charge < -0.3 is 10.4 Å². The summed E-state index contributed by atoms with van der Waals surface area (Å²) in [5.41, 5.74) is 1.33. The van der Waals surface area contributed by atoms with E-state index >= 15 is 0 Å². The molecule has 0 bridgehead atoms. The third kappa shape index (κ3) is 6.48. The van der Waals surface area contributed by atoms with Crippen molar-refractivity contribution in [2.45, 2.75) is 12.2 Å². The van der Waals surface area contributed by atoms with Crippen LogP contribution in [-0.2, 0) is 10.5 Å². The lowest BCUT2D eigenvalue weighted by Gasteiger charge is -2.03. The van der Waals surface area contributed by atoms with Gasteiger partial charge in [-0.1, -0.05) is 30.3 Å². The number of benzene rings is 1. The maximum Gasteiger partial charge on any atom is 0.304 e. The van der Waals surface area contributed by atoms with E-state index < -0.39 is 5.97 Å². The Morgan fingerprint density at radius 2 is 2.00 bits per heavy atom. The fourth-order valence-corrected chi connectivity index (χ4v) is 2.09. The zero-order valence-electron chi connectivity index (χ0n) is 9.19. The van der Waals surface area contributed by atoms with E-state index in [9.17, 15) is 4.79 Å². The van der Waals surface area contributed by atoms with E-state index in [-0.39, 0.29) is 6.42 Å². The third-order valence-electron chi connectivity index (χ3n) is 2.05. The molecule has 0 aliphatic rings. The van der Waals surface area contributed by atoms with Crippen LogP contribution in [0, 0.1) is 0 Å². The second-order valence-corrected chi connectivity index (χ2v) is 4.54. The fraction of sp³-hybridized carbons (Fsp3) is 0.417. The van der Waals surface area contributed by atoms with Crippen LogP contribution in [0.1, 0.15) is 12.0 Å². The van der Waals surface area contributed by atoms with Crippen molar-refractivity contribution >= 4 is 17.7 Å². The van der Waals surface area contributed by atoms with Crippen molar-refractivity contribution < 1.29 is 9.90 Å². The normalized spacial score (nSPS) is 10.2. The quantitative estimate of drug-likeness (QED) is 0.681. The van der Waals surface area contributed by atoms with Gasteiger partial charge in [0.2, 0.25) is 0 Å². The Labute approximate surface area is 100 Å². The van der Waals surface area contributed by atoms with Crippen molar-refractivity contribution in [3.8, 4) is 0 Å². The largest absolute Gasteiger partial charge is 0.481 e. The number of carboxylic acids is 1. The van der Waals surface area contributed by atoms with Crippen LogP contribution in [-0.4, -0.2) is 29.9 Å². The Morgan fingerprint density at radius 1 is 1.25 bits per heavy atom. The second-order valence-electron chi connectivity index (χ2n) is 3.43. The third-order valence-corrected chi connectivity index (χ3v) is 3.08. The first-order valence-electron chi connectivity index (χ1n) is 5.33. The van der Waals surface area contributed by atoms with Gasteiger partial charge in [-0.2, -0.15) is 11.8 Å². The predicted molar refractivity (Wildman–Crippen MR) is 67.7 cm³/mol. The second kappa shape index (κ2) is 8.19. The molecule has 2 N–H and O–H groups in total. The van der Waals surface area contributed by atoms with Crippen LogP contribution < -0.4 is 5.32 Å². The van der Waals surface area contributed by atoms with Gasteiger partial charge >= 0.3 is 5.97 Å². The van der Waals surface area contributed by atoms with Crippen LogP contribution in [0.4, 0.5) is 0 Å². The zero-order valence-corrected chi connectivity index (χ0v) is 10.0. The standard InChI is InChI=1S/C12H17NO2S/c14-12(15)6-7-13-8-9-16-10-11-4-2-1-3-5-11/h1-5,13H,6-10H2,(H,14,15). The van der Waals surface area contributed by atoms with Gasteiger partial charge in [-0.25, -0.2) is 0 Å². The Morgan fingerprint density at radius 3 is 2.69 bits per heavy atom. The smallest absolute Gasteiger partial charge is 0.304 e. The lowest BCUT2D eigenvalue weighted by molar-refractivity contribution is -0.136. The molecule has 0 aliphatic carbocycles. The monoisotopic (exact) mass is 239 g/mol. The van der Waals surface area contributed by atoms with Gasteiger partial charge in [-0.3, -0.25) is 4.79 Å². The summed E-state index contributed by atoms with van der Waals surface area (Å²) < 4.78 is 0. The number of nitrogens with one attached hydrogen (secondary N) is 1. The summed E-state index contributed by atoms with van der Waals surface area (Å²) in [6.45, 7) is 1.42. The highest BCUT2D eigenvalue weighted by molar-refractivity contribution is 7.98. The average molecular weight is 239 g/mol. The Kier molecular flexibility index (Phi) is 6.69. The lowest BCUT2D eigenvalue weighted by atomic mass is 10.2. The molecule has 4 heteroatoms. The SMILES string of the molecule is O=C(O)CCNCCSCc1ccccc1. The summed E-state index contributed by atoms with van der Waals surface area (Å²) in [6, 6.07) is 10.3. The molecule has 0 spiro atoms. The van der Waals surface area contributed by atoms with Gasteiger partial charge in [0.05, 0.1) is 6.42 Å². The van der Waals surface area contributed by atoms with Gasteiger partial charge in [0.1, 0.15) is 0 Å². The minimum atomic E-state index is -0.746. The van der Waals surface area contributed by atoms with Crippen LogP contribution in [0.25, 0.3) is 0 Å². The van der Waals surface area contributed by atoms with Crippen LogP contribution in [0.5, 0.6) is 0 Å². The number of thioether (sulfide) groups is 1. The minimum Gasteiger partial charge on any atom is -0.481 e. The molecule has 16 heavy (non-hydrogen) atoms. The van der Waals surface area contributed by atoms with Gasteiger partial charge in [0, 0.05) is 24.6 Å². The lowest BCUT2D eigenvalue weighted by Crippen LogP contribution is -2.20. The van der Waals surface area contributed by atoms with Gasteiger partial charge in [-0.05, 0) is 5.56 Å². The van der Waals surface area contributed by atoms with Crippen LogP contribution >= 0.6 is 11.8 Å². The van der Waals surface area contributed by atoms with Crippen molar-refractivity contribution in [2.24, 2.45) is 0 Å². The molecule has 88 valence electrons. The van der Waals surface area contributed by atoms with Crippen molar-refractivity contribution in [2.75, 3.05) is 18.8 Å². The maximum absolute atomic E-state index is 10.2. The molecular weight excluding hydrogens is 222 g/mol. The molecule has 1 rings (SSSR count). The van der Waals surface area contributed by atoms with Gasteiger partial charge in [0.25, 0.3) is 0 Å². The molecule has 0 amide bonds. The van der Waals surface area contributed by atoms with E-state index in [1.165, 1.54) is 5.56 Å². The molecule has 0 aliphatic heterocycles. The Balaban J connectivity index is 1.94. The molecule has 1 aromatic rings. The van der Waals surface area contributed by atoms with Crippen molar-refractivity contribution in [3.63, 3.8) is 0 Å². The van der Waals surface area contributed by atoms with E-state index in [0.717, 1.165) is 18.1 Å². The summed E-state index contributed by atoms with van der Waals surface area (Å²) in [4.78, 5) is 10.2. The van der Waals surface area contributed by atoms with Crippen molar-refractivity contribution in [1.29, 1.82) is 0 Å². The predicted octanol–water partition coefficient (Wildman–Crippen LogP) is 1.98. The highest BCUT2D eigenvalue weighted by atomic mass is 32.2. The molecule has 0 fully saturated rings. The van der Waals surface area contributed by atoms with E-state index in [2.05, 4.69) is 17.4 Å². The van der Waals surface area contributed by atoms with Crippen LogP contribution in [0.2, 0.25) is 0 Å². The summed E-state index contributed by atoms with van der Waals surface area (Å²) in [5, 5.41) is 11.5. The van der Waals surface area contributed by atoms with Crippen molar-refractivity contribution in [1.82, 2.24) is 5.32 Å². The first-order chi connectivity index (χ1) is 7.79. The molecule has 1 aromatic carbocycles. The number of carboxylic acid groups (broad SMARTS) is 1. The minimum absolute atomic E-state index is 0.198. The molecule has 0 aromatic heterocycles. The van der Waals surface area contributed by atoms with Gasteiger partial charge in [0.15, 0.2) is 0 Å². The molecule has 0 unspecified atom stereocenters. The molecular formula is C12H17NO2S. The Bertz CT molecular complexity index is 303. The molecule has 0 saturated carbocycles. The number of hydrogen-bond donors (Lipinski definition) is 2. The molecule has 3 nitrogen and oxygen atoms in total. The number of aliphatic carboxylic acids is 1. The fourth-order valence-electron chi connectivity index (χ4n) is 1.23. The maximum atomic E-state index is 10.2.